The third-order valence-electron chi connectivity index (χ3n) is 10.2. The number of fused-ring (bicyclic) bond motifs is 11. The Morgan fingerprint density at radius 1 is 0.400 bits per heavy atom. The van der Waals surface area contributed by atoms with Crippen molar-refractivity contribution in [1.82, 2.24) is 4.57 Å². The maximum absolute atomic E-state index is 2.48. The molecule has 50 heavy (non-hydrogen) atoms. The van der Waals surface area contributed by atoms with Gasteiger partial charge in [0.2, 0.25) is 0 Å². The van der Waals surface area contributed by atoms with Crippen LogP contribution in [0.2, 0.25) is 0 Å². The molecule has 3 aromatic heterocycles. The quantitative estimate of drug-likeness (QED) is 0.181. The highest BCUT2D eigenvalue weighted by molar-refractivity contribution is 7.26. The maximum atomic E-state index is 2.48. The Morgan fingerprint density at radius 2 is 1.06 bits per heavy atom. The average Bonchev–Trinajstić information content (AvgIpc) is 3.85. The minimum absolute atomic E-state index is 1.14. The molecule has 0 bridgehead atoms. The summed E-state index contributed by atoms with van der Waals surface area (Å²) in [6, 6.07) is 62.5. The monoisotopic (exact) mass is 672 g/mol. The van der Waals surface area contributed by atoms with E-state index in [-0.39, 0.29) is 0 Å². The zero-order chi connectivity index (χ0) is 32.8. The van der Waals surface area contributed by atoms with Crippen LogP contribution in [-0.2, 0) is 0 Å². The van der Waals surface area contributed by atoms with Crippen molar-refractivity contribution in [2.75, 3.05) is 4.90 Å². The Balaban J connectivity index is 1.25. The average molecular weight is 673 g/mol. The molecule has 0 aliphatic rings. The Labute approximate surface area is 296 Å². The molecular weight excluding hydrogens is 645 g/mol. The lowest BCUT2D eigenvalue weighted by Crippen LogP contribution is -2.11. The topological polar surface area (TPSA) is 8.17 Å². The van der Waals surface area contributed by atoms with Crippen molar-refractivity contribution in [2.24, 2.45) is 0 Å². The maximum Gasteiger partial charge on any atom is 0.0782 e. The van der Waals surface area contributed by atoms with Crippen molar-refractivity contribution in [2.45, 2.75) is 0 Å². The van der Waals surface area contributed by atoms with Gasteiger partial charge in [0.15, 0.2) is 0 Å². The molecule has 4 heteroatoms. The van der Waals surface area contributed by atoms with E-state index in [0.29, 0.717) is 0 Å². The van der Waals surface area contributed by atoms with E-state index in [4.69, 9.17) is 0 Å². The summed E-state index contributed by atoms with van der Waals surface area (Å²) in [7, 11) is 0. The highest BCUT2D eigenvalue weighted by Gasteiger charge is 2.23. The molecule has 0 amide bonds. The lowest BCUT2D eigenvalue weighted by molar-refractivity contribution is 1.17. The van der Waals surface area contributed by atoms with Gasteiger partial charge in [-0.05, 0) is 77.5 Å². The number of para-hydroxylation sites is 3. The number of aromatic nitrogens is 1. The lowest BCUT2D eigenvalue weighted by Gasteiger charge is -2.27. The van der Waals surface area contributed by atoms with Gasteiger partial charge in [0.05, 0.1) is 16.7 Å². The summed E-state index contributed by atoms with van der Waals surface area (Å²) >= 11 is 3.75. The first-order valence-electron chi connectivity index (χ1n) is 16.9. The molecule has 2 nitrogen and oxygen atoms in total. The fourth-order valence-electron chi connectivity index (χ4n) is 7.98. The molecule has 0 unspecified atom stereocenters. The Bertz CT molecular complexity index is 3110. The van der Waals surface area contributed by atoms with E-state index in [9.17, 15) is 0 Å². The summed E-state index contributed by atoms with van der Waals surface area (Å²) in [5.41, 5.74) is 6.97. The largest absolute Gasteiger partial charge is 0.308 e. The van der Waals surface area contributed by atoms with Crippen LogP contribution in [0.25, 0.3) is 78.6 Å². The van der Waals surface area contributed by atoms with Gasteiger partial charge in [0, 0.05) is 68.2 Å². The smallest absolute Gasteiger partial charge is 0.0782 e. The van der Waals surface area contributed by atoms with Crippen molar-refractivity contribution >= 4 is 113 Å². The molecule has 234 valence electrons. The van der Waals surface area contributed by atoms with E-state index >= 15 is 0 Å². The summed E-state index contributed by atoms with van der Waals surface area (Å²) in [6.07, 6.45) is 0. The molecule has 8 aromatic carbocycles. The van der Waals surface area contributed by atoms with Crippen LogP contribution < -0.4 is 4.90 Å². The summed E-state index contributed by atoms with van der Waals surface area (Å²) in [4.78, 5) is 2.48. The number of benzene rings is 8. The number of hydrogen-bond acceptors (Lipinski definition) is 3. The van der Waals surface area contributed by atoms with Crippen LogP contribution >= 0.6 is 22.7 Å². The molecule has 0 radical (unpaired) electrons. The van der Waals surface area contributed by atoms with Crippen molar-refractivity contribution in [3.8, 4) is 5.69 Å². The fourth-order valence-corrected chi connectivity index (χ4v) is 10.2. The first-order chi connectivity index (χ1) is 24.8. The zero-order valence-corrected chi connectivity index (χ0v) is 28.5. The highest BCUT2D eigenvalue weighted by atomic mass is 32.1. The van der Waals surface area contributed by atoms with Crippen LogP contribution in [0.4, 0.5) is 17.1 Å². The molecule has 0 aliphatic heterocycles. The predicted octanol–water partition coefficient (Wildman–Crippen LogP) is 14.1. The molecule has 3 heterocycles. The molecule has 0 atom stereocenters. The molecular formula is C46H28N2S2. The van der Waals surface area contributed by atoms with Gasteiger partial charge >= 0.3 is 0 Å². The minimum Gasteiger partial charge on any atom is -0.308 e. The van der Waals surface area contributed by atoms with Crippen LogP contribution in [0.1, 0.15) is 0 Å². The van der Waals surface area contributed by atoms with E-state index in [1.807, 2.05) is 22.7 Å². The van der Waals surface area contributed by atoms with Crippen molar-refractivity contribution in [3.63, 3.8) is 0 Å². The van der Waals surface area contributed by atoms with Gasteiger partial charge in [-0.15, -0.1) is 22.7 Å². The highest BCUT2D eigenvalue weighted by Crippen LogP contribution is 2.47. The van der Waals surface area contributed by atoms with E-state index in [0.717, 1.165) is 22.7 Å². The van der Waals surface area contributed by atoms with Gasteiger partial charge in [0.25, 0.3) is 0 Å². The van der Waals surface area contributed by atoms with Crippen molar-refractivity contribution < 1.29 is 0 Å². The summed E-state index contributed by atoms with van der Waals surface area (Å²) < 4.78 is 7.67. The van der Waals surface area contributed by atoms with Gasteiger partial charge in [0.1, 0.15) is 0 Å². The number of hydrogen-bond donors (Lipinski definition) is 0. The molecule has 11 rings (SSSR count). The summed E-state index contributed by atoms with van der Waals surface area (Å²) in [5.74, 6) is 0. The molecule has 0 N–H and O–H groups in total. The Morgan fingerprint density at radius 3 is 1.98 bits per heavy atom. The van der Waals surface area contributed by atoms with Crippen LogP contribution in [0, 0.1) is 0 Å². The first-order valence-corrected chi connectivity index (χ1v) is 18.6. The Kier molecular flexibility index (Phi) is 6.03. The molecule has 0 saturated heterocycles. The third-order valence-corrected chi connectivity index (χ3v) is 12.4. The molecule has 0 saturated carbocycles. The standard InChI is InChI=1S/C46H28N2S2/c1-2-12-30(13-3-1)48-39-18-8-6-15-34(39)37-17-10-19-40(46(37)48)47(32-22-24-36-35-16-7-9-20-41(35)50-44(36)28-32)31-23-26-42-38(27-31)45-33-14-5-4-11-29(33)21-25-43(45)49-42/h1-28H. The van der Waals surface area contributed by atoms with E-state index in [1.165, 1.54) is 72.9 Å². The van der Waals surface area contributed by atoms with Crippen LogP contribution in [0.5, 0.6) is 0 Å². The van der Waals surface area contributed by atoms with E-state index in [2.05, 4.69) is 179 Å². The van der Waals surface area contributed by atoms with Gasteiger partial charge in [-0.3, -0.25) is 0 Å². The predicted molar refractivity (Wildman–Crippen MR) is 219 cm³/mol. The normalized spacial score (nSPS) is 12.0. The molecule has 0 spiro atoms. The Hall–Kier alpha value is -5.94. The first kappa shape index (κ1) is 28.0. The minimum atomic E-state index is 1.14. The second kappa shape index (κ2) is 10.8. The lowest BCUT2D eigenvalue weighted by atomic mass is 10.0. The number of rotatable bonds is 4. The van der Waals surface area contributed by atoms with Gasteiger partial charge in [-0.1, -0.05) is 103 Å². The SMILES string of the molecule is c1ccc(-n2c3ccccc3c3cccc(N(c4ccc5c(c4)sc4ccccc45)c4ccc5sc6ccc7ccccc7c6c5c4)c32)cc1. The number of thiophene rings is 2. The molecule has 11 aromatic rings. The van der Waals surface area contributed by atoms with Crippen molar-refractivity contribution in [3.05, 3.63) is 170 Å². The molecule has 0 fully saturated rings. The third kappa shape index (κ3) is 4.07. The van der Waals surface area contributed by atoms with Crippen molar-refractivity contribution in [1.29, 1.82) is 0 Å². The number of nitrogens with zero attached hydrogens (tertiary/aromatic N) is 2. The summed E-state index contributed by atoms with van der Waals surface area (Å²) in [5, 5.41) is 10.3. The molecule has 0 aliphatic carbocycles. The fraction of sp³-hybridized carbons (Fsp3) is 0. The van der Waals surface area contributed by atoms with Crippen LogP contribution in [0.15, 0.2) is 170 Å². The number of anilines is 3. The van der Waals surface area contributed by atoms with E-state index in [1.54, 1.807) is 0 Å². The van der Waals surface area contributed by atoms with Crippen LogP contribution in [-0.4, -0.2) is 4.57 Å². The van der Waals surface area contributed by atoms with E-state index < -0.39 is 0 Å². The summed E-state index contributed by atoms with van der Waals surface area (Å²) in [6.45, 7) is 0. The van der Waals surface area contributed by atoms with Gasteiger partial charge in [-0.25, -0.2) is 0 Å². The second-order valence-corrected chi connectivity index (χ2v) is 15.1. The second-order valence-electron chi connectivity index (χ2n) is 12.9. The van der Waals surface area contributed by atoms with Gasteiger partial charge in [-0.2, -0.15) is 0 Å². The van der Waals surface area contributed by atoms with Crippen LogP contribution in [0.3, 0.4) is 0 Å². The van der Waals surface area contributed by atoms with Gasteiger partial charge < -0.3 is 9.47 Å². The zero-order valence-electron chi connectivity index (χ0n) is 26.9.